The summed E-state index contributed by atoms with van der Waals surface area (Å²) in [5.74, 6) is 0.873. The summed E-state index contributed by atoms with van der Waals surface area (Å²) in [4.78, 5) is 9.18. The normalized spacial score (nSPS) is 12.9. The lowest BCUT2D eigenvalue weighted by Crippen LogP contribution is -2.12. The molecule has 0 aliphatic carbocycles. The van der Waals surface area contributed by atoms with Crippen LogP contribution in [0, 0.1) is 0 Å². The van der Waals surface area contributed by atoms with Crippen molar-refractivity contribution in [3.05, 3.63) is 11.4 Å². The molecule has 0 aliphatic rings. The van der Waals surface area contributed by atoms with Gasteiger partial charge < -0.3 is 10.5 Å². The maximum Gasteiger partial charge on any atom is 0.227 e. The average molecular weight is 237 g/mol. The largest absolute Gasteiger partial charge is 0.474 e. The van der Waals surface area contributed by atoms with E-state index in [9.17, 15) is 0 Å². The van der Waals surface area contributed by atoms with E-state index in [1.54, 1.807) is 11.3 Å². The number of anilines is 1. The molecule has 1 atom stereocenters. The SMILES string of the molecule is CCCC(C)Oc1nc(N)nc2sccc12. The number of nitrogen functional groups attached to an aromatic ring is 1. The number of thiophene rings is 1. The number of rotatable bonds is 4. The lowest BCUT2D eigenvalue weighted by Gasteiger charge is -2.13. The van der Waals surface area contributed by atoms with E-state index in [1.165, 1.54) is 0 Å². The molecule has 0 aliphatic heterocycles. The predicted molar refractivity (Wildman–Crippen MR) is 66.8 cm³/mol. The van der Waals surface area contributed by atoms with Crippen LogP contribution in [0.1, 0.15) is 26.7 Å². The van der Waals surface area contributed by atoms with Gasteiger partial charge in [0.05, 0.1) is 11.5 Å². The molecular weight excluding hydrogens is 222 g/mol. The summed E-state index contributed by atoms with van der Waals surface area (Å²) in [7, 11) is 0. The van der Waals surface area contributed by atoms with Crippen LogP contribution in [0.5, 0.6) is 5.88 Å². The Morgan fingerprint density at radius 3 is 3.06 bits per heavy atom. The van der Waals surface area contributed by atoms with Crippen molar-refractivity contribution in [2.75, 3.05) is 5.73 Å². The number of aromatic nitrogens is 2. The summed E-state index contributed by atoms with van der Waals surface area (Å²) in [6, 6.07) is 1.97. The maximum atomic E-state index is 5.78. The first-order chi connectivity index (χ1) is 7.70. The zero-order chi connectivity index (χ0) is 11.5. The van der Waals surface area contributed by atoms with E-state index in [0.717, 1.165) is 23.1 Å². The van der Waals surface area contributed by atoms with Gasteiger partial charge in [-0.25, -0.2) is 4.98 Å². The van der Waals surface area contributed by atoms with E-state index in [0.29, 0.717) is 5.88 Å². The van der Waals surface area contributed by atoms with Crippen LogP contribution in [-0.2, 0) is 0 Å². The summed E-state index contributed by atoms with van der Waals surface area (Å²) in [6.07, 6.45) is 2.26. The molecule has 2 aromatic rings. The Hall–Kier alpha value is -1.36. The van der Waals surface area contributed by atoms with Crippen molar-refractivity contribution in [3.63, 3.8) is 0 Å². The van der Waals surface area contributed by atoms with Gasteiger partial charge in [0.25, 0.3) is 0 Å². The second-order valence-corrected chi connectivity index (χ2v) is 4.64. The zero-order valence-electron chi connectivity index (χ0n) is 9.43. The number of hydrogen-bond donors (Lipinski definition) is 1. The molecule has 2 rings (SSSR count). The summed E-state index contributed by atoms with van der Waals surface area (Å²) < 4.78 is 5.78. The summed E-state index contributed by atoms with van der Waals surface area (Å²) in [5.41, 5.74) is 5.64. The zero-order valence-corrected chi connectivity index (χ0v) is 10.3. The van der Waals surface area contributed by atoms with Gasteiger partial charge in [-0.3, -0.25) is 0 Å². The fourth-order valence-electron chi connectivity index (χ4n) is 1.59. The molecule has 86 valence electrons. The second kappa shape index (κ2) is 4.65. The lowest BCUT2D eigenvalue weighted by atomic mass is 10.2. The van der Waals surface area contributed by atoms with Crippen LogP contribution in [0.15, 0.2) is 11.4 Å². The minimum atomic E-state index is 0.155. The molecule has 5 heteroatoms. The molecule has 0 saturated carbocycles. The maximum absolute atomic E-state index is 5.78. The van der Waals surface area contributed by atoms with Crippen molar-refractivity contribution < 1.29 is 4.74 Å². The van der Waals surface area contributed by atoms with E-state index in [2.05, 4.69) is 16.9 Å². The van der Waals surface area contributed by atoms with Gasteiger partial charge in [-0.2, -0.15) is 4.98 Å². The van der Waals surface area contributed by atoms with Crippen LogP contribution >= 0.6 is 11.3 Å². The molecule has 2 heterocycles. The molecule has 0 amide bonds. The van der Waals surface area contributed by atoms with Gasteiger partial charge >= 0.3 is 0 Å². The van der Waals surface area contributed by atoms with Crippen molar-refractivity contribution >= 4 is 27.5 Å². The minimum Gasteiger partial charge on any atom is -0.474 e. The smallest absolute Gasteiger partial charge is 0.227 e. The summed E-state index contributed by atoms with van der Waals surface area (Å²) in [6.45, 7) is 4.17. The first kappa shape index (κ1) is 11.1. The summed E-state index contributed by atoms with van der Waals surface area (Å²) >= 11 is 1.54. The average Bonchev–Trinajstić information content (AvgIpc) is 2.65. The van der Waals surface area contributed by atoms with Crippen molar-refractivity contribution in [1.29, 1.82) is 0 Å². The van der Waals surface area contributed by atoms with Crippen molar-refractivity contribution in [3.8, 4) is 5.88 Å². The number of fused-ring (bicyclic) bond motifs is 1. The highest BCUT2D eigenvalue weighted by Gasteiger charge is 2.11. The molecule has 2 aromatic heterocycles. The molecule has 0 aromatic carbocycles. The van der Waals surface area contributed by atoms with Crippen molar-refractivity contribution in [2.24, 2.45) is 0 Å². The van der Waals surface area contributed by atoms with E-state index >= 15 is 0 Å². The fourth-order valence-corrected chi connectivity index (χ4v) is 2.35. The Kier molecular flexibility index (Phi) is 3.24. The Morgan fingerprint density at radius 2 is 2.31 bits per heavy atom. The highest BCUT2D eigenvalue weighted by Crippen LogP contribution is 2.28. The topological polar surface area (TPSA) is 61.0 Å². The van der Waals surface area contributed by atoms with Gasteiger partial charge in [-0.1, -0.05) is 13.3 Å². The molecule has 0 spiro atoms. The van der Waals surface area contributed by atoms with Crippen molar-refractivity contribution in [1.82, 2.24) is 9.97 Å². The molecule has 2 N–H and O–H groups in total. The Bertz CT molecular complexity index is 483. The summed E-state index contributed by atoms with van der Waals surface area (Å²) in [5, 5.41) is 2.91. The monoisotopic (exact) mass is 237 g/mol. The predicted octanol–water partition coefficient (Wildman–Crippen LogP) is 2.84. The fraction of sp³-hybridized carbons (Fsp3) is 0.455. The molecule has 0 fully saturated rings. The van der Waals surface area contributed by atoms with Gasteiger partial charge in [0.2, 0.25) is 11.8 Å². The van der Waals surface area contributed by atoms with Gasteiger partial charge in [-0.15, -0.1) is 11.3 Å². The third-order valence-corrected chi connectivity index (χ3v) is 3.12. The van der Waals surface area contributed by atoms with Gasteiger partial charge in [0, 0.05) is 0 Å². The lowest BCUT2D eigenvalue weighted by molar-refractivity contribution is 0.204. The molecule has 4 nitrogen and oxygen atoms in total. The number of hydrogen-bond acceptors (Lipinski definition) is 5. The first-order valence-corrected chi connectivity index (χ1v) is 6.26. The van der Waals surface area contributed by atoms with Crippen LogP contribution in [-0.4, -0.2) is 16.1 Å². The van der Waals surface area contributed by atoms with Crippen LogP contribution in [0.25, 0.3) is 10.2 Å². The minimum absolute atomic E-state index is 0.155. The molecular formula is C11H15N3OS. The second-order valence-electron chi connectivity index (χ2n) is 3.74. The third-order valence-electron chi connectivity index (χ3n) is 2.32. The van der Waals surface area contributed by atoms with Gasteiger partial charge in [0.1, 0.15) is 4.83 Å². The van der Waals surface area contributed by atoms with Crippen LogP contribution in [0.4, 0.5) is 5.95 Å². The van der Waals surface area contributed by atoms with Crippen LogP contribution < -0.4 is 10.5 Å². The van der Waals surface area contributed by atoms with Crippen LogP contribution in [0.3, 0.4) is 0 Å². The van der Waals surface area contributed by atoms with Crippen LogP contribution in [0.2, 0.25) is 0 Å². The molecule has 16 heavy (non-hydrogen) atoms. The van der Waals surface area contributed by atoms with E-state index in [4.69, 9.17) is 10.5 Å². The number of ether oxygens (including phenoxy) is 1. The van der Waals surface area contributed by atoms with Gasteiger partial charge in [0.15, 0.2) is 0 Å². The number of nitrogens with zero attached hydrogens (tertiary/aromatic N) is 2. The van der Waals surface area contributed by atoms with E-state index in [-0.39, 0.29) is 12.1 Å². The Balaban J connectivity index is 2.31. The third kappa shape index (κ3) is 2.24. The van der Waals surface area contributed by atoms with Gasteiger partial charge in [-0.05, 0) is 24.8 Å². The number of nitrogens with two attached hydrogens (primary N) is 1. The Morgan fingerprint density at radius 1 is 1.50 bits per heavy atom. The standard InChI is InChI=1S/C11H15N3OS/c1-3-4-7(2)15-9-8-5-6-16-10(8)14-11(12)13-9/h5-7H,3-4H2,1-2H3,(H2,12,13,14). The van der Waals surface area contributed by atoms with E-state index in [1.807, 2.05) is 18.4 Å². The quantitative estimate of drug-likeness (QED) is 0.888. The highest BCUT2D eigenvalue weighted by molar-refractivity contribution is 7.16. The molecule has 1 unspecified atom stereocenters. The Labute approximate surface area is 98.5 Å². The molecule has 0 bridgehead atoms. The van der Waals surface area contributed by atoms with E-state index < -0.39 is 0 Å². The first-order valence-electron chi connectivity index (χ1n) is 5.38. The molecule has 0 radical (unpaired) electrons. The van der Waals surface area contributed by atoms with Crippen molar-refractivity contribution in [2.45, 2.75) is 32.8 Å². The molecule has 0 saturated heterocycles. The highest BCUT2D eigenvalue weighted by atomic mass is 32.1.